The van der Waals surface area contributed by atoms with Gasteiger partial charge in [0.2, 0.25) is 0 Å². The van der Waals surface area contributed by atoms with Crippen LogP contribution in [0.25, 0.3) is 0 Å². The van der Waals surface area contributed by atoms with Crippen molar-refractivity contribution in [3.63, 3.8) is 0 Å². The quantitative estimate of drug-likeness (QED) is 0.233. The summed E-state index contributed by atoms with van der Waals surface area (Å²) in [5, 5.41) is 67.6. The zero-order valence-corrected chi connectivity index (χ0v) is 13.2. The molecule has 10 atom stereocenters. The Morgan fingerprint density at radius 3 is 2.04 bits per heavy atom. The Morgan fingerprint density at radius 2 is 1.44 bits per heavy atom. The predicted molar refractivity (Wildman–Crippen MR) is 73.5 cm³/mol. The van der Waals surface area contributed by atoms with E-state index in [4.69, 9.17) is 14.2 Å². The van der Waals surface area contributed by atoms with E-state index < -0.39 is 74.0 Å². The summed E-state index contributed by atoms with van der Waals surface area (Å²) in [7, 11) is 1.03. The van der Waals surface area contributed by atoms with Crippen LogP contribution in [0.5, 0.6) is 0 Å². The zero-order chi connectivity index (χ0) is 18.9. The summed E-state index contributed by atoms with van der Waals surface area (Å²) >= 11 is 0. The Bertz CT molecular complexity index is 460. The highest BCUT2D eigenvalue weighted by molar-refractivity contribution is 5.75. The van der Waals surface area contributed by atoms with Crippen molar-refractivity contribution in [3.05, 3.63) is 0 Å². The average Bonchev–Trinajstić information content (AvgIpc) is 2.60. The molecule has 2 aliphatic heterocycles. The number of carbonyl (C=O) groups excluding carboxylic acids is 1. The van der Waals surface area contributed by atoms with E-state index in [2.05, 4.69) is 4.74 Å². The van der Waals surface area contributed by atoms with Crippen molar-refractivity contribution in [2.75, 3.05) is 13.7 Å². The van der Waals surface area contributed by atoms with Gasteiger partial charge >= 0.3 is 5.97 Å². The SMILES string of the molecule is COC(=O)[C@H]1O[C@@H](OC[C@H]2O[C@@H](O)[C@H](O)[C@@H](O)[C@@H]2O)[C@H](O)[C@@H](O)[C@@H]1O. The van der Waals surface area contributed by atoms with E-state index in [1.54, 1.807) is 0 Å². The highest BCUT2D eigenvalue weighted by Gasteiger charge is 2.49. The van der Waals surface area contributed by atoms with Crippen LogP contribution in [0.3, 0.4) is 0 Å². The molecule has 0 aromatic carbocycles. The number of aliphatic hydroxyl groups excluding tert-OH is 7. The third-order valence-corrected chi connectivity index (χ3v) is 4.11. The highest BCUT2D eigenvalue weighted by atomic mass is 16.7. The molecule has 0 spiro atoms. The van der Waals surface area contributed by atoms with Gasteiger partial charge in [-0.05, 0) is 0 Å². The van der Waals surface area contributed by atoms with Crippen molar-refractivity contribution < 1.29 is 59.5 Å². The van der Waals surface area contributed by atoms with Crippen LogP contribution in [0.2, 0.25) is 0 Å². The molecule has 0 amide bonds. The van der Waals surface area contributed by atoms with Crippen molar-refractivity contribution in [2.24, 2.45) is 0 Å². The maximum atomic E-state index is 11.5. The Morgan fingerprint density at radius 1 is 0.840 bits per heavy atom. The van der Waals surface area contributed by atoms with Crippen LogP contribution in [0.15, 0.2) is 0 Å². The molecular formula is C13H22O12. The number of aliphatic hydroxyl groups is 7. The molecule has 146 valence electrons. The molecular weight excluding hydrogens is 348 g/mol. The molecule has 12 heteroatoms. The summed E-state index contributed by atoms with van der Waals surface area (Å²) in [4.78, 5) is 11.5. The summed E-state index contributed by atoms with van der Waals surface area (Å²) in [5.41, 5.74) is 0. The second-order valence-corrected chi connectivity index (χ2v) is 5.79. The zero-order valence-electron chi connectivity index (χ0n) is 13.2. The molecule has 7 N–H and O–H groups in total. The molecule has 2 aliphatic rings. The monoisotopic (exact) mass is 370 g/mol. The predicted octanol–water partition coefficient (Wildman–Crippen LogP) is -5.22. The Kier molecular flexibility index (Phi) is 6.67. The smallest absolute Gasteiger partial charge is 0.337 e. The van der Waals surface area contributed by atoms with Gasteiger partial charge in [0.05, 0.1) is 13.7 Å². The summed E-state index contributed by atoms with van der Waals surface area (Å²) in [5.74, 6) is -1.00. The normalized spacial score (nSPS) is 48.2. The summed E-state index contributed by atoms with van der Waals surface area (Å²) < 4.78 is 19.5. The molecule has 0 bridgehead atoms. The number of esters is 1. The van der Waals surface area contributed by atoms with Crippen LogP contribution in [-0.4, -0.2) is 117 Å². The van der Waals surface area contributed by atoms with Gasteiger partial charge in [-0.3, -0.25) is 0 Å². The number of methoxy groups -OCH3 is 1. The van der Waals surface area contributed by atoms with Gasteiger partial charge in [-0.1, -0.05) is 0 Å². The maximum absolute atomic E-state index is 11.5. The Balaban J connectivity index is 2.00. The molecule has 0 saturated carbocycles. The molecule has 0 radical (unpaired) electrons. The fourth-order valence-corrected chi connectivity index (χ4v) is 2.55. The van der Waals surface area contributed by atoms with E-state index >= 15 is 0 Å². The van der Waals surface area contributed by atoms with Gasteiger partial charge in [0.1, 0.15) is 42.7 Å². The third-order valence-electron chi connectivity index (χ3n) is 4.11. The van der Waals surface area contributed by atoms with Crippen molar-refractivity contribution in [1.82, 2.24) is 0 Å². The Hall–Kier alpha value is -0.930. The first-order valence-corrected chi connectivity index (χ1v) is 7.45. The lowest BCUT2D eigenvalue weighted by Crippen LogP contribution is -2.62. The fraction of sp³-hybridized carbons (Fsp3) is 0.923. The van der Waals surface area contributed by atoms with E-state index in [0.29, 0.717) is 0 Å². The minimum Gasteiger partial charge on any atom is -0.467 e. The molecule has 12 nitrogen and oxygen atoms in total. The topological polar surface area (TPSA) is 196 Å². The van der Waals surface area contributed by atoms with Gasteiger partial charge in [0.25, 0.3) is 0 Å². The van der Waals surface area contributed by atoms with Gasteiger partial charge in [-0.2, -0.15) is 0 Å². The van der Waals surface area contributed by atoms with E-state index in [-0.39, 0.29) is 0 Å². The average molecular weight is 370 g/mol. The first-order valence-electron chi connectivity index (χ1n) is 7.45. The molecule has 2 heterocycles. The van der Waals surface area contributed by atoms with Crippen molar-refractivity contribution >= 4 is 5.97 Å². The van der Waals surface area contributed by atoms with Crippen LogP contribution in [0.1, 0.15) is 0 Å². The van der Waals surface area contributed by atoms with Gasteiger partial charge in [-0.15, -0.1) is 0 Å². The number of rotatable bonds is 4. The fourth-order valence-electron chi connectivity index (χ4n) is 2.55. The van der Waals surface area contributed by atoms with E-state index in [1.165, 1.54) is 0 Å². The Labute approximate surface area is 141 Å². The van der Waals surface area contributed by atoms with Gasteiger partial charge < -0.3 is 54.7 Å². The molecule has 2 rings (SSSR count). The van der Waals surface area contributed by atoms with Gasteiger partial charge in [0.15, 0.2) is 18.7 Å². The molecule has 2 fully saturated rings. The minimum absolute atomic E-state index is 0.541. The third kappa shape index (κ3) is 4.09. The van der Waals surface area contributed by atoms with Crippen molar-refractivity contribution in [2.45, 2.75) is 61.4 Å². The summed E-state index contributed by atoms with van der Waals surface area (Å²) in [6, 6.07) is 0. The standard InChI is InChI=1S/C13H22O12/c1-22-12(21)10-7(17)6(16)9(19)13(25-10)23-2-3-4(14)5(15)8(18)11(20)24-3/h3-11,13-20H,2H2,1H3/t3-,4-,5+,6+,7+,8-,9-,10+,11-,13-/m1/s1. The number of ether oxygens (including phenoxy) is 4. The van der Waals surface area contributed by atoms with Crippen molar-refractivity contribution in [3.8, 4) is 0 Å². The van der Waals surface area contributed by atoms with Gasteiger partial charge in [-0.25, -0.2) is 4.79 Å². The van der Waals surface area contributed by atoms with Crippen LogP contribution in [-0.2, 0) is 23.7 Å². The van der Waals surface area contributed by atoms with Crippen LogP contribution in [0.4, 0.5) is 0 Å². The van der Waals surface area contributed by atoms with E-state index in [0.717, 1.165) is 7.11 Å². The summed E-state index contributed by atoms with van der Waals surface area (Å²) in [6.07, 6.45) is -16.6. The number of carbonyl (C=O) groups is 1. The molecule has 0 aromatic heterocycles. The van der Waals surface area contributed by atoms with E-state index in [1.807, 2.05) is 0 Å². The lowest BCUT2D eigenvalue weighted by atomic mass is 9.98. The maximum Gasteiger partial charge on any atom is 0.337 e. The molecule has 0 aromatic rings. The second-order valence-electron chi connectivity index (χ2n) is 5.79. The molecule has 25 heavy (non-hydrogen) atoms. The van der Waals surface area contributed by atoms with Crippen LogP contribution in [0, 0.1) is 0 Å². The lowest BCUT2D eigenvalue weighted by Gasteiger charge is -2.41. The number of hydrogen-bond donors (Lipinski definition) is 7. The minimum atomic E-state index is -1.78. The van der Waals surface area contributed by atoms with Crippen molar-refractivity contribution in [1.29, 1.82) is 0 Å². The van der Waals surface area contributed by atoms with Gasteiger partial charge in [0, 0.05) is 0 Å². The molecule has 0 aliphatic carbocycles. The number of hydrogen-bond acceptors (Lipinski definition) is 12. The molecule has 2 saturated heterocycles. The largest absolute Gasteiger partial charge is 0.467 e. The highest BCUT2D eigenvalue weighted by Crippen LogP contribution is 2.25. The van der Waals surface area contributed by atoms with Crippen LogP contribution < -0.4 is 0 Å². The second kappa shape index (κ2) is 8.18. The van der Waals surface area contributed by atoms with Crippen LogP contribution >= 0.6 is 0 Å². The lowest BCUT2D eigenvalue weighted by molar-refractivity contribution is -0.321. The first-order chi connectivity index (χ1) is 11.7. The molecule has 0 unspecified atom stereocenters. The van der Waals surface area contributed by atoms with E-state index in [9.17, 15) is 40.5 Å². The first kappa shape index (κ1) is 20.4. The summed E-state index contributed by atoms with van der Waals surface area (Å²) in [6.45, 7) is -0.541.